The second-order valence-corrected chi connectivity index (χ2v) is 6.16. The van der Waals surface area contributed by atoms with Crippen molar-refractivity contribution in [2.75, 3.05) is 16.8 Å². The Morgan fingerprint density at radius 1 is 1.32 bits per heavy atom. The highest BCUT2D eigenvalue weighted by Gasteiger charge is 2.30. The summed E-state index contributed by atoms with van der Waals surface area (Å²) in [6.07, 6.45) is 4.10. The van der Waals surface area contributed by atoms with Gasteiger partial charge in [-0.15, -0.1) is 0 Å². The van der Waals surface area contributed by atoms with Crippen LogP contribution in [-0.2, 0) is 16.2 Å². The molecule has 6 heteroatoms. The molecule has 2 heterocycles. The van der Waals surface area contributed by atoms with Crippen LogP contribution in [0.25, 0.3) is 0 Å². The highest BCUT2D eigenvalue weighted by molar-refractivity contribution is 5.94. The number of nitrogens with zero attached hydrogens (tertiary/aromatic N) is 2. The number of benzene rings is 1. The van der Waals surface area contributed by atoms with Crippen molar-refractivity contribution in [2.45, 2.75) is 32.3 Å². The third-order valence-corrected chi connectivity index (χ3v) is 4.53. The summed E-state index contributed by atoms with van der Waals surface area (Å²) in [5.41, 5.74) is 3.22. The zero-order chi connectivity index (χ0) is 17.8. The number of aliphatic hydroxyl groups is 1. The molecule has 6 nitrogen and oxygen atoms in total. The lowest BCUT2D eigenvalue weighted by molar-refractivity contribution is -0.116. The summed E-state index contributed by atoms with van der Waals surface area (Å²) in [6.45, 7) is 2.02. The molecular formula is C19H21N3O3. The van der Waals surface area contributed by atoms with Crippen molar-refractivity contribution in [1.82, 2.24) is 4.98 Å². The first-order valence-electron chi connectivity index (χ1n) is 8.30. The van der Waals surface area contributed by atoms with Crippen molar-refractivity contribution in [1.29, 1.82) is 0 Å². The molecule has 2 N–H and O–H groups in total. The van der Waals surface area contributed by atoms with Crippen LogP contribution in [0.4, 0.5) is 11.4 Å². The molecule has 3 rings (SSSR count). The molecule has 0 radical (unpaired) electrons. The molecule has 1 atom stereocenters. The van der Waals surface area contributed by atoms with Crippen LogP contribution in [0.15, 0.2) is 42.7 Å². The number of pyridine rings is 1. The van der Waals surface area contributed by atoms with Gasteiger partial charge in [-0.2, -0.15) is 0 Å². The Kier molecular flexibility index (Phi) is 5.09. The largest absolute Gasteiger partial charge is 0.392 e. The Morgan fingerprint density at radius 2 is 2.12 bits per heavy atom. The van der Waals surface area contributed by atoms with E-state index in [1.54, 1.807) is 24.1 Å². The summed E-state index contributed by atoms with van der Waals surface area (Å²) in [7, 11) is 0. The first-order chi connectivity index (χ1) is 12.1. The molecule has 1 aromatic carbocycles. The molecule has 0 fully saturated rings. The third-order valence-electron chi connectivity index (χ3n) is 4.53. The maximum absolute atomic E-state index is 12.3. The van der Waals surface area contributed by atoms with Gasteiger partial charge in [-0.3, -0.25) is 14.6 Å². The number of para-hydroxylation sites is 1. The average Bonchev–Trinajstić information content (AvgIpc) is 2.99. The number of amides is 2. The van der Waals surface area contributed by atoms with Crippen molar-refractivity contribution in [2.24, 2.45) is 0 Å². The number of aromatic nitrogens is 1. The minimum absolute atomic E-state index is 0.0161. The maximum atomic E-state index is 12.3. The Bertz CT molecular complexity index is 791. The second-order valence-electron chi connectivity index (χ2n) is 6.16. The topological polar surface area (TPSA) is 82.5 Å². The van der Waals surface area contributed by atoms with Crippen molar-refractivity contribution in [3.8, 4) is 0 Å². The van der Waals surface area contributed by atoms with Gasteiger partial charge in [-0.1, -0.05) is 18.2 Å². The second kappa shape index (κ2) is 7.44. The first kappa shape index (κ1) is 17.1. The van der Waals surface area contributed by atoms with Gasteiger partial charge >= 0.3 is 0 Å². The van der Waals surface area contributed by atoms with Crippen LogP contribution in [-0.4, -0.2) is 28.4 Å². The zero-order valence-electron chi connectivity index (χ0n) is 14.1. The van der Waals surface area contributed by atoms with Gasteiger partial charge in [-0.05, 0) is 24.1 Å². The van der Waals surface area contributed by atoms with Crippen LogP contribution in [0.3, 0.4) is 0 Å². The number of nitrogens with one attached hydrogen (secondary N) is 1. The average molecular weight is 339 g/mol. The van der Waals surface area contributed by atoms with Crippen molar-refractivity contribution >= 4 is 23.2 Å². The molecule has 2 aromatic rings. The number of fused-ring (bicyclic) bond motifs is 1. The lowest BCUT2D eigenvalue weighted by Gasteiger charge is -2.15. The van der Waals surface area contributed by atoms with E-state index in [0.717, 1.165) is 11.3 Å². The van der Waals surface area contributed by atoms with Crippen LogP contribution in [0.5, 0.6) is 0 Å². The van der Waals surface area contributed by atoms with Crippen LogP contribution in [0.2, 0.25) is 0 Å². The number of rotatable bonds is 5. The summed E-state index contributed by atoms with van der Waals surface area (Å²) < 4.78 is 0. The predicted molar refractivity (Wildman–Crippen MR) is 95.2 cm³/mol. The molecule has 0 spiro atoms. The lowest BCUT2D eigenvalue weighted by atomic mass is 9.96. The number of hydrogen-bond acceptors (Lipinski definition) is 4. The van der Waals surface area contributed by atoms with Crippen LogP contribution in [0.1, 0.15) is 36.8 Å². The fraction of sp³-hybridized carbons (Fsp3) is 0.316. The van der Waals surface area contributed by atoms with Gasteiger partial charge < -0.3 is 15.3 Å². The maximum Gasteiger partial charge on any atom is 0.224 e. The van der Waals surface area contributed by atoms with E-state index >= 15 is 0 Å². The molecule has 130 valence electrons. The van der Waals surface area contributed by atoms with E-state index in [-0.39, 0.29) is 24.3 Å². The van der Waals surface area contributed by atoms with Crippen molar-refractivity contribution in [3.63, 3.8) is 0 Å². The van der Waals surface area contributed by atoms with E-state index < -0.39 is 0 Å². The molecule has 1 aliphatic heterocycles. The number of carbonyl (C=O) groups excluding carboxylic acids is 2. The van der Waals surface area contributed by atoms with E-state index in [1.807, 2.05) is 24.3 Å². The smallest absolute Gasteiger partial charge is 0.224 e. The van der Waals surface area contributed by atoms with Crippen LogP contribution < -0.4 is 10.2 Å². The van der Waals surface area contributed by atoms with E-state index in [9.17, 15) is 14.7 Å². The molecule has 0 saturated carbocycles. The monoisotopic (exact) mass is 339 g/mol. The number of carbonyl (C=O) groups is 2. The quantitative estimate of drug-likeness (QED) is 0.876. The molecule has 25 heavy (non-hydrogen) atoms. The minimum atomic E-state index is -0.151. The fourth-order valence-corrected chi connectivity index (χ4v) is 3.23. The lowest BCUT2D eigenvalue weighted by Crippen LogP contribution is -2.27. The summed E-state index contributed by atoms with van der Waals surface area (Å²) in [6, 6.07) is 9.51. The Balaban J connectivity index is 1.64. The highest BCUT2D eigenvalue weighted by Crippen LogP contribution is 2.38. The van der Waals surface area contributed by atoms with E-state index in [4.69, 9.17) is 0 Å². The third kappa shape index (κ3) is 3.69. The van der Waals surface area contributed by atoms with Gasteiger partial charge in [0.05, 0.1) is 18.5 Å². The van der Waals surface area contributed by atoms with Gasteiger partial charge in [-0.25, -0.2) is 0 Å². The van der Waals surface area contributed by atoms with E-state index in [0.29, 0.717) is 30.6 Å². The van der Waals surface area contributed by atoms with Crippen molar-refractivity contribution in [3.05, 3.63) is 53.9 Å². The van der Waals surface area contributed by atoms with Gasteiger partial charge in [0, 0.05) is 43.3 Å². The molecule has 1 aliphatic rings. The summed E-state index contributed by atoms with van der Waals surface area (Å²) in [4.78, 5) is 29.8. The minimum Gasteiger partial charge on any atom is -0.392 e. The Labute approximate surface area is 146 Å². The van der Waals surface area contributed by atoms with E-state index in [2.05, 4.69) is 10.3 Å². The normalized spacial score (nSPS) is 15.8. The summed E-state index contributed by atoms with van der Waals surface area (Å²) in [5, 5.41) is 12.1. The summed E-state index contributed by atoms with van der Waals surface area (Å²) in [5.74, 6) is 0.0425. The molecule has 0 aliphatic carbocycles. The first-order valence-corrected chi connectivity index (χ1v) is 8.30. The predicted octanol–water partition coefficient (Wildman–Crippen LogP) is 2.44. The number of hydrogen-bond donors (Lipinski definition) is 2. The van der Waals surface area contributed by atoms with Gasteiger partial charge in [0.25, 0.3) is 0 Å². The van der Waals surface area contributed by atoms with Gasteiger partial charge in [0.1, 0.15) is 0 Å². The number of anilines is 2. The SMILES string of the molecule is CC(=O)N1CC(CCC(=O)Nc2cnccc2CO)c2ccccc21. The number of aliphatic hydroxyl groups excluding tert-OH is 1. The molecule has 1 aromatic heterocycles. The molecule has 2 amide bonds. The molecule has 0 saturated heterocycles. The van der Waals surface area contributed by atoms with Gasteiger partial charge in [0.15, 0.2) is 0 Å². The fourth-order valence-electron chi connectivity index (χ4n) is 3.23. The molecule has 0 bridgehead atoms. The summed E-state index contributed by atoms with van der Waals surface area (Å²) >= 11 is 0. The van der Waals surface area contributed by atoms with Crippen molar-refractivity contribution < 1.29 is 14.7 Å². The Hall–Kier alpha value is -2.73. The van der Waals surface area contributed by atoms with Gasteiger partial charge in [0.2, 0.25) is 11.8 Å². The Morgan fingerprint density at radius 3 is 2.88 bits per heavy atom. The zero-order valence-corrected chi connectivity index (χ0v) is 14.1. The molecular weight excluding hydrogens is 318 g/mol. The molecule has 1 unspecified atom stereocenters. The van der Waals surface area contributed by atoms with E-state index in [1.165, 1.54) is 6.20 Å². The van der Waals surface area contributed by atoms with Crippen LogP contribution >= 0.6 is 0 Å². The van der Waals surface area contributed by atoms with Crippen LogP contribution in [0, 0.1) is 0 Å². The standard InChI is InChI=1S/C19H21N3O3/c1-13(24)22-11-14(16-4-2-3-5-18(16)22)6-7-19(25)21-17-10-20-9-8-15(17)12-23/h2-5,8-10,14,23H,6-7,11-12H2,1H3,(H,21,25). The highest BCUT2D eigenvalue weighted by atomic mass is 16.3.